The number of hydrogen-bond donors (Lipinski definition) is 0. The summed E-state index contributed by atoms with van der Waals surface area (Å²) in [7, 11) is 0. The minimum atomic E-state index is 0.463. The number of nitrogens with zero attached hydrogens (tertiary/aromatic N) is 2. The molecule has 3 unspecified atom stereocenters. The van der Waals surface area contributed by atoms with E-state index >= 15 is 0 Å². The summed E-state index contributed by atoms with van der Waals surface area (Å²) in [6.45, 7) is 6.59. The molecule has 0 aromatic carbocycles. The van der Waals surface area contributed by atoms with Crippen LogP contribution in [-0.4, -0.2) is 35.2 Å². The number of piperidine rings is 1. The summed E-state index contributed by atoms with van der Waals surface area (Å²) in [5.41, 5.74) is 0. The molecule has 17 heavy (non-hydrogen) atoms. The first-order valence-electron chi connectivity index (χ1n) is 6.21. The molecule has 4 heteroatoms. The van der Waals surface area contributed by atoms with E-state index in [0.29, 0.717) is 18.8 Å². The average molecular weight is 250 g/mol. The van der Waals surface area contributed by atoms with Gasteiger partial charge in [0.15, 0.2) is 0 Å². The lowest BCUT2D eigenvalue weighted by Crippen LogP contribution is -2.38. The Morgan fingerprint density at radius 1 is 1.59 bits per heavy atom. The molecule has 2 heterocycles. The van der Waals surface area contributed by atoms with Gasteiger partial charge in [0, 0.05) is 24.2 Å². The molecule has 2 aliphatic rings. The standard InChI is InChI=1S/C13H18N2OS/c1-2-4-16-12-7-11-6-10(12)8-15(11)9-13-14-3-5-17-13/h2-3,5,10-12H,1,4,6-9H2. The van der Waals surface area contributed by atoms with Gasteiger partial charge < -0.3 is 4.74 Å². The average Bonchev–Trinajstić information content (AvgIpc) is 3.02. The van der Waals surface area contributed by atoms with Gasteiger partial charge >= 0.3 is 0 Å². The van der Waals surface area contributed by atoms with Gasteiger partial charge in [-0.1, -0.05) is 6.08 Å². The largest absolute Gasteiger partial charge is 0.374 e. The number of thiazole rings is 1. The molecule has 3 atom stereocenters. The lowest BCUT2D eigenvalue weighted by Gasteiger charge is -2.30. The monoisotopic (exact) mass is 250 g/mol. The van der Waals surface area contributed by atoms with Crippen molar-refractivity contribution in [3.05, 3.63) is 29.2 Å². The maximum Gasteiger partial charge on any atom is 0.107 e. The number of aromatic nitrogens is 1. The number of ether oxygens (including phenoxy) is 1. The van der Waals surface area contributed by atoms with Crippen molar-refractivity contribution in [2.75, 3.05) is 13.2 Å². The van der Waals surface area contributed by atoms with Crippen LogP contribution in [0.1, 0.15) is 17.8 Å². The van der Waals surface area contributed by atoms with Gasteiger partial charge in [0.25, 0.3) is 0 Å². The summed E-state index contributed by atoms with van der Waals surface area (Å²) >= 11 is 1.75. The summed E-state index contributed by atoms with van der Waals surface area (Å²) < 4.78 is 5.81. The van der Waals surface area contributed by atoms with Crippen LogP contribution in [0.5, 0.6) is 0 Å². The van der Waals surface area contributed by atoms with Crippen LogP contribution >= 0.6 is 11.3 Å². The highest BCUT2D eigenvalue weighted by atomic mass is 32.1. The third kappa shape index (κ3) is 2.30. The summed E-state index contributed by atoms with van der Waals surface area (Å²) in [6, 6.07) is 0.707. The van der Waals surface area contributed by atoms with Crippen molar-refractivity contribution in [1.29, 1.82) is 0 Å². The fourth-order valence-corrected chi connectivity index (χ4v) is 3.73. The van der Waals surface area contributed by atoms with E-state index in [0.717, 1.165) is 12.5 Å². The molecular formula is C13H18N2OS. The first kappa shape index (κ1) is 11.4. The second kappa shape index (κ2) is 4.88. The Bertz CT molecular complexity index is 379. The van der Waals surface area contributed by atoms with Crippen LogP contribution in [0.25, 0.3) is 0 Å². The molecule has 1 saturated heterocycles. The Morgan fingerprint density at radius 3 is 3.18 bits per heavy atom. The Balaban J connectivity index is 1.55. The van der Waals surface area contributed by atoms with Crippen molar-refractivity contribution in [3.8, 4) is 0 Å². The minimum absolute atomic E-state index is 0.463. The quantitative estimate of drug-likeness (QED) is 0.750. The molecule has 1 aromatic heterocycles. The van der Waals surface area contributed by atoms with Crippen LogP contribution < -0.4 is 0 Å². The molecule has 2 bridgehead atoms. The van der Waals surface area contributed by atoms with Crippen LogP contribution in [0.4, 0.5) is 0 Å². The number of likely N-dealkylation sites (tertiary alicyclic amines) is 1. The van der Waals surface area contributed by atoms with E-state index in [9.17, 15) is 0 Å². The lowest BCUT2D eigenvalue weighted by atomic mass is 10.1. The van der Waals surface area contributed by atoms with E-state index in [-0.39, 0.29) is 0 Å². The van der Waals surface area contributed by atoms with E-state index in [2.05, 4.69) is 21.8 Å². The first-order valence-corrected chi connectivity index (χ1v) is 7.09. The molecule has 1 aliphatic carbocycles. The molecule has 92 valence electrons. The fraction of sp³-hybridized carbons (Fsp3) is 0.615. The molecule has 1 aliphatic heterocycles. The number of rotatable bonds is 5. The highest BCUT2D eigenvalue weighted by Crippen LogP contribution is 2.40. The second-order valence-corrected chi connectivity index (χ2v) is 5.88. The first-order chi connectivity index (χ1) is 8.36. The van der Waals surface area contributed by atoms with Crippen molar-refractivity contribution in [1.82, 2.24) is 9.88 Å². The summed E-state index contributed by atoms with van der Waals surface area (Å²) in [6.07, 6.45) is 6.69. The SMILES string of the molecule is C=CCOC1CC2CC1CN2Cc1nccs1. The highest BCUT2D eigenvalue weighted by molar-refractivity contribution is 7.09. The lowest BCUT2D eigenvalue weighted by molar-refractivity contribution is 0.0124. The van der Waals surface area contributed by atoms with Gasteiger partial charge in [0.05, 0.1) is 19.3 Å². The highest BCUT2D eigenvalue weighted by Gasteiger charge is 2.44. The van der Waals surface area contributed by atoms with Crippen molar-refractivity contribution in [3.63, 3.8) is 0 Å². The zero-order chi connectivity index (χ0) is 11.7. The van der Waals surface area contributed by atoms with Gasteiger partial charge in [-0.05, 0) is 18.8 Å². The third-order valence-corrected chi connectivity index (χ3v) is 4.60. The fourth-order valence-electron chi connectivity index (χ4n) is 3.09. The van der Waals surface area contributed by atoms with Gasteiger partial charge in [-0.15, -0.1) is 17.9 Å². The predicted molar refractivity (Wildman–Crippen MR) is 69.0 cm³/mol. The number of hydrogen-bond acceptors (Lipinski definition) is 4. The zero-order valence-corrected chi connectivity index (χ0v) is 10.7. The molecule has 3 nitrogen and oxygen atoms in total. The van der Waals surface area contributed by atoms with E-state index in [1.54, 1.807) is 11.3 Å². The molecule has 0 spiro atoms. The Hall–Kier alpha value is -0.710. The Kier molecular flexibility index (Phi) is 3.27. The van der Waals surface area contributed by atoms with Gasteiger partial charge in [-0.2, -0.15) is 0 Å². The molecular weight excluding hydrogens is 232 g/mol. The van der Waals surface area contributed by atoms with Crippen LogP contribution in [0.2, 0.25) is 0 Å². The van der Waals surface area contributed by atoms with Gasteiger partial charge in [-0.3, -0.25) is 4.90 Å². The zero-order valence-electron chi connectivity index (χ0n) is 9.92. The third-order valence-electron chi connectivity index (χ3n) is 3.84. The molecule has 3 rings (SSSR count). The Labute approximate surface area is 106 Å². The van der Waals surface area contributed by atoms with Crippen molar-refractivity contribution in [2.45, 2.75) is 31.5 Å². The topological polar surface area (TPSA) is 25.4 Å². The predicted octanol–water partition coefficient (Wildman–Crippen LogP) is 2.31. The van der Waals surface area contributed by atoms with Crippen LogP contribution in [0.15, 0.2) is 24.2 Å². The summed E-state index contributed by atoms with van der Waals surface area (Å²) in [4.78, 5) is 6.93. The van der Waals surface area contributed by atoms with Crippen molar-refractivity contribution < 1.29 is 4.74 Å². The van der Waals surface area contributed by atoms with Gasteiger partial charge in [0.1, 0.15) is 5.01 Å². The van der Waals surface area contributed by atoms with Gasteiger partial charge in [-0.25, -0.2) is 4.98 Å². The minimum Gasteiger partial charge on any atom is -0.374 e. The van der Waals surface area contributed by atoms with E-state index in [1.165, 1.54) is 24.4 Å². The number of fused-ring (bicyclic) bond motifs is 2. The summed E-state index contributed by atoms with van der Waals surface area (Å²) in [5.74, 6) is 0.722. The normalized spacial score (nSPS) is 32.1. The Morgan fingerprint density at radius 2 is 2.53 bits per heavy atom. The maximum atomic E-state index is 5.81. The smallest absolute Gasteiger partial charge is 0.107 e. The molecule has 0 N–H and O–H groups in total. The molecule has 2 fully saturated rings. The van der Waals surface area contributed by atoms with Crippen LogP contribution in [0, 0.1) is 5.92 Å². The summed E-state index contributed by atoms with van der Waals surface area (Å²) in [5, 5.41) is 3.29. The van der Waals surface area contributed by atoms with Crippen LogP contribution in [0.3, 0.4) is 0 Å². The van der Waals surface area contributed by atoms with Crippen molar-refractivity contribution in [2.24, 2.45) is 5.92 Å². The molecule has 1 saturated carbocycles. The molecule has 0 radical (unpaired) electrons. The molecule has 1 aromatic rings. The van der Waals surface area contributed by atoms with E-state index in [4.69, 9.17) is 4.74 Å². The van der Waals surface area contributed by atoms with E-state index < -0.39 is 0 Å². The van der Waals surface area contributed by atoms with Crippen molar-refractivity contribution >= 4 is 11.3 Å². The van der Waals surface area contributed by atoms with E-state index in [1.807, 2.05) is 12.3 Å². The van der Waals surface area contributed by atoms with Gasteiger partial charge in [0.2, 0.25) is 0 Å². The maximum absolute atomic E-state index is 5.81. The van der Waals surface area contributed by atoms with Crippen LogP contribution in [-0.2, 0) is 11.3 Å². The molecule has 0 amide bonds. The second-order valence-electron chi connectivity index (χ2n) is 4.90.